The third kappa shape index (κ3) is 5.14. The van der Waals surface area contributed by atoms with E-state index in [4.69, 9.17) is 4.98 Å². The van der Waals surface area contributed by atoms with Crippen molar-refractivity contribution < 1.29 is 9.59 Å². The van der Waals surface area contributed by atoms with Gasteiger partial charge in [-0.15, -0.1) is 6.58 Å². The fourth-order valence-corrected chi connectivity index (χ4v) is 5.43. The summed E-state index contributed by atoms with van der Waals surface area (Å²) in [4.78, 5) is 37.0. The number of aryl methyl sites for hydroxylation is 1. The molecule has 32 heavy (non-hydrogen) atoms. The SMILES string of the molecule is C=CCNC(=O)N1CCC(c2nc(C)ccc2C(=O)N2CCN(C3CCCC3)CC2)CC1. The molecule has 1 aliphatic carbocycles. The van der Waals surface area contributed by atoms with Gasteiger partial charge >= 0.3 is 6.03 Å². The molecule has 1 saturated carbocycles. The van der Waals surface area contributed by atoms with E-state index < -0.39 is 0 Å². The minimum Gasteiger partial charge on any atom is -0.336 e. The van der Waals surface area contributed by atoms with Crippen LogP contribution in [0.25, 0.3) is 0 Å². The predicted molar refractivity (Wildman–Crippen MR) is 126 cm³/mol. The fraction of sp³-hybridized carbons (Fsp3) is 0.640. The van der Waals surface area contributed by atoms with Crippen LogP contribution < -0.4 is 5.32 Å². The van der Waals surface area contributed by atoms with Crippen molar-refractivity contribution in [3.05, 3.63) is 41.7 Å². The van der Waals surface area contributed by atoms with Gasteiger partial charge in [0.1, 0.15) is 0 Å². The Labute approximate surface area is 191 Å². The first kappa shape index (κ1) is 22.8. The third-order valence-corrected chi connectivity index (χ3v) is 7.30. The summed E-state index contributed by atoms with van der Waals surface area (Å²) in [5, 5.41) is 2.85. The Bertz CT molecular complexity index is 820. The number of hydrogen-bond acceptors (Lipinski definition) is 4. The molecule has 3 amide bonds. The number of urea groups is 1. The second-order valence-corrected chi connectivity index (χ2v) is 9.39. The molecule has 0 atom stereocenters. The van der Waals surface area contributed by atoms with Crippen LogP contribution in [0.2, 0.25) is 0 Å². The molecule has 7 nitrogen and oxygen atoms in total. The molecule has 1 N–H and O–H groups in total. The predicted octanol–water partition coefficient (Wildman–Crippen LogP) is 3.17. The molecule has 0 unspecified atom stereocenters. The first-order valence-electron chi connectivity index (χ1n) is 12.2. The van der Waals surface area contributed by atoms with Gasteiger partial charge in [-0.1, -0.05) is 18.9 Å². The van der Waals surface area contributed by atoms with Crippen molar-refractivity contribution >= 4 is 11.9 Å². The zero-order valence-corrected chi connectivity index (χ0v) is 19.4. The lowest BCUT2D eigenvalue weighted by Crippen LogP contribution is -2.51. The topological polar surface area (TPSA) is 68.8 Å². The van der Waals surface area contributed by atoms with E-state index in [1.54, 1.807) is 6.08 Å². The minimum absolute atomic E-state index is 0.0445. The van der Waals surface area contributed by atoms with Crippen molar-refractivity contribution in [3.63, 3.8) is 0 Å². The quantitative estimate of drug-likeness (QED) is 0.716. The highest BCUT2D eigenvalue weighted by Gasteiger charge is 2.32. The van der Waals surface area contributed by atoms with E-state index in [2.05, 4.69) is 16.8 Å². The number of pyridine rings is 1. The van der Waals surface area contributed by atoms with Gasteiger partial charge in [-0.2, -0.15) is 0 Å². The van der Waals surface area contributed by atoms with Crippen LogP contribution in [0.3, 0.4) is 0 Å². The summed E-state index contributed by atoms with van der Waals surface area (Å²) in [6.45, 7) is 11.0. The van der Waals surface area contributed by atoms with E-state index in [0.29, 0.717) is 19.6 Å². The van der Waals surface area contributed by atoms with Crippen LogP contribution in [0.1, 0.15) is 66.2 Å². The van der Waals surface area contributed by atoms with Gasteiger partial charge in [-0.05, 0) is 44.7 Å². The molecule has 4 rings (SSSR count). The van der Waals surface area contributed by atoms with Gasteiger partial charge in [0, 0.05) is 63.5 Å². The number of likely N-dealkylation sites (tertiary alicyclic amines) is 1. The Balaban J connectivity index is 1.40. The maximum atomic E-state index is 13.5. The van der Waals surface area contributed by atoms with E-state index in [0.717, 1.165) is 62.0 Å². The molecule has 0 spiro atoms. The number of rotatable bonds is 5. The minimum atomic E-state index is -0.0445. The van der Waals surface area contributed by atoms with Crippen LogP contribution in [0.4, 0.5) is 4.79 Å². The van der Waals surface area contributed by atoms with Gasteiger partial charge < -0.3 is 15.1 Å². The van der Waals surface area contributed by atoms with E-state index in [1.165, 1.54) is 25.7 Å². The molecular weight excluding hydrogens is 402 g/mol. The Kier molecular flexibility index (Phi) is 7.45. The van der Waals surface area contributed by atoms with E-state index >= 15 is 0 Å². The van der Waals surface area contributed by atoms with Crippen molar-refractivity contribution in [3.8, 4) is 0 Å². The van der Waals surface area contributed by atoms with Crippen molar-refractivity contribution in [2.45, 2.75) is 57.4 Å². The largest absolute Gasteiger partial charge is 0.336 e. The van der Waals surface area contributed by atoms with Crippen molar-refractivity contribution in [2.24, 2.45) is 0 Å². The highest BCUT2D eigenvalue weighted by Crippen LogP contribution is 2.31. The molecule has 0 aromatic carbocycles. The van der Waals surface area contributed by atoms with Gasteiger partial charge in [0.25, 0.3) is 5.91 Å². The van der Waals surface area contributed by atoms with Gasteiger partial charge in [0.15, 0.2) is 0 Å². The Morgan fingerprint density at radius 1 is 1.03 bits per heavy atom. The summed E-state index contributed by atoms with van der Waals surface area (Å²) >= 11 is 0. The number of amides is 3. The summed E-state index contributed by atoms with van der Waals surface area (Å²) < 4.78 is 0. The molecule has 7 heteroatoms. The molecule has 1 aromatic heterocycles. The molecule has 174 valence electrons. The molecule has 3 fully saturated rings. The second kappa shape index (κ2) is 10.5. The van der Waals surface area contributed by atoms with Crippen LogP contribution in [0, 0.1) is 6.92 Å². The van der Waals surface area contributed by atoms with Crippen LogP contribution in [0.15, 0.2) is 24.8 Å². The van der Waals surface area contributed by atoms with Crippen molar-refractivity contribution in [1.82, 2.24) is 25.0 Å². The highest BCUT2D eigenvalue weighted by atomic mass is 16.2. The first-order valence-corrected chi connectivity index (χ1v) is 12.2. The second-order valence-electron chi connectivity index (χ2n) is 9.39. The monoisotopic (exact) mass is 439 g/mol. The zero-order valence-electron chi connectivity index (χ0n) is 19.4. The lowest BCUT2D eigenvalue weighted by atomic mass is 9.89. The summed E-state index contributed by atoms with van der Waals surface area (Å²) in [5.41, 5.74) is 2.60. The standard InChI is InChI=1S/C25H37N5O2/c1-3-12-26-25(32)30-13-10-20(11-14-30)23-22(9-8-19(2)27-23)24(31)29-17-15-28(16-18-29)21-6-4-5-7-21/h3,8-9,20-21H,1,4-7,10-18H2,2H3,(H,26,32). The highest BCUT2D eigenvalue weighted by molar-refractivity contribution is 5.95. The van der Waals surface area contributed by atoms with Crippen LogP contribution in [-0.2, 0) is 0 Å². The number of aromatic nitrogens is 1. The van der Waals surface area contributed by atoms with Gasteiger partial charge in [0.05, 0.1) is 11.3 Å². The number of nitrogens with zero attached hydrogens (tertiary/aromatic N) is 4. The fourth-order valence-electron chi connectivity index (χ4n) is 5.43. The number of piperazine rings is 1. The summed E-state index contributed by atoms with van der Waals surface area (Å²) in [6.07, 6.45) is 8.65. The Morgan fingerprint density at radius 2 is 1.72 bits per heavy atom. The number of piperidine rings is 1. The van der Waals surface area contributed by atoms with E-state index in [-0.39, 0.29) is 17.9 Å². The molecule has 0 radical (unpaired) electrons. The first-order chi connectivity index (χ1) is 15.6. The number of hydrogen-bond donors (Lipinski definition) is 1. The van der Waals surface area contributed by atoms with Crippen molar-refractivity contribution in [1.29, 1.82) is 0 Å². The summed E-state index contributed by atoms with van der Waals surface area (Å²) in [7, 11) is 0. The van der Waals surface area contributed by atoms with Gasteiger partial charge in [0.2, 0.25) is 0 Å². The summed E-state index contributed by atoms with van der Waals surface area (Å²) in [6, 6.07) is 4.59. The average Bonchev–Trinajstić information content (AvgIpc) is 3.37. The zero-order chi connectivity index (χ0) is 22.5. The molecule has 2 aliphatic heterocycles. The number of carbonyl (C=O) groups excluding carboxylic acids is 2. The smallest absolute Gasteiger partial charge is 0.317 e. The van der Waals surface area contributed by atoms with Gasteiger partial charge in [-0.3, -0.25) is 14.7 Å². The van der Waals surface area contributed by atoms with Crippen LogP contribution in [0.5, 0.6) is 0 Å². The molecule has 1 aromatic rings. The molecule has 2 saturated heterocycles. The van der Waals surface area contributed by atoms with Crippen LogP contribution in [-0.4, -0.2) is 83.5 Å². The number of carbonyl (C=O) groups is 2. The van der Waals surface area contributed by atoms with E-state index in [9.17, 15) is 9.59 Å². The normalized spacial score (nSPS) is 21.0. The van der Waals surface area contributed by atoms with Crippen LogP contribution >= 0.6 is 0 Å². The van der Waals surface area contributed by atoms with Gasteiger partial charge in [-0.25, -0.2) is 4.79 Å². The maximum Gasteiger partial charge on any atom is 0.317 e. The molecular formula is C25H37N5O2. The lowest BCUT2D eigenvalue weighted by molar-refractivity contribution is 0.0570. The Hall–Kier alpha value is -2.41. The molecule has 3 heterocycles. The summed E-state index contributed by atoms with van der Waals surface area (Å²) in [5.74, 6) is 0.321. The molecule has 3 aliphatic rings. The Morgan fingerprint density at radius 3 is 2.38 bits per heavy atom. The number of nitrogens with one attached hydrogen (secondary N) is 1. The third-order valence-electron chi connectivity index (χ3n) is 7.30. The van der Waals surface area contributed by atoms with E-state index in [1.807, 2.05) is 28.9 Å². The average molecular weight is 440 g/mol. The molecule has 0 bridgehead atoms. The maximum absolute atomic E-state index is 13.5. The van der Waals surface area contributed by atoms with Crippen molar-refractivity contribution in [2.75, 3.05) is 45.8 Å². The lowest BCUT2D eigenvalue weighted by Gasteiger charge is -2.38.